The number of unbranched alkanes of at least 4 members (excludes halogenated alkanes) is 1. The number of hydrogen-bond donors (Lipinski definition) is 1. The number of hydrogen-bond acceptors (Lipinski definition) is 2. The maximum Gasteiger partial charge on any atom is 0.0677 e. The second-order valence-electron chi connectivity index (χ2n) is 6.28. The van der Waals surface area contributed by atoms with Crippen molar-refractivity contribution in [1.29, 1.82) is 0 Å². The van der Waals surface area contributed by atoms with Crippen LogP contribution in [0.2, 0.25) is 0 Å². The fourth-order valence-electron chi connectivity index (χ4n) is 4.21. The summed E-state index contributed by atoms with van der Waals surface area (Å²) < 4.78 is 0. The molecule has 0 amide bonds. The van der Waals surface area contributed by atoms with Crippen LogP contribution in [-0.2, 0) is 0 Å². The van der Waals surface area contributed by atoms with Crippen LogP contribution in [0.1, 0.15) is 53.4 Å². The van der Waals surface area contributed by atoms with E-state index in [4.69, 9.17) is 0 Å². The number of rotatable bonds is 5. The second-order valence-corrected chi connectivity index (χ2v) is 6.28. The topological polar surface area (TPSA) is 23.5 Å². The zero-order valence-electron chi connectivity index (χ0n) is 11.9. The Kier molecular flexibility index (Phi) is 4.07. The lowest BCUT2D eigenvalue weighted by Crippen LogP contribution is -2.73. The van der Waals surface area contributed by atoms with Gasteiger partial charge < -0.3 is 10.0 Å². The summed E-state index contributed by atoms with van der Waals surface area (Å²) in [5.41, 5.74) is 0.163. The van der Waals surface area contributed by atoms with Gasteiger partial charge >= 0.3 is 0 Å². The predicted octanol–water partition coefficient (Wildman–Crippen LogP) is 2.90. The van der Waals surface area contributed by atoms with Crippen LogP contribution < -0.4 is 0 Å². The van der Waals surface area contributed by atoms with E-state index < -0.39 is 0 Å². The van der Waals surface area contributed by atoms with Crippen LogP contribution in [0.15, 0.2) is 0 Å². The molecule has 16 heavy (non-hydrogen) atoms. The lowest BCUT2D eigenvalue weighted by Gasteiger charge is -2.67. The zero-order valence-corrected chi connectivity index (χ0v) is 11.9. The van der Waals surface area contributed by atoms with Crippen LogP contribution in [0, 0.1) is 10.8 Å². The molecule has 2 nitrogen and oxygen atoms in total. The van der Waals surface area contributed by atoms with Crippen LogP contribution in [0.25, 0.3) is 0 Å². The molecule has 0 aromatic carbocycles. The minimum absolute atomic E-state index is 0.0350. The smallest absolute Gasteiger partial charge is 0.0677 e. The summed E-state index contributed by atoms with van der Waals surface area (Å²) in [6, 6.07) is 0.506. The van der Waals surface area contributed by atoms with E-state index in [-0.39, 0.29) is 16.9 Å². The summed E-state index contributed by atoms with van der Waals surface area (Å²) in [6.45, 7) is 8.85. The summed E-state index contributed by atoms with van der Waals surface area (Å²) >= 11 is 0. The van der Waals surface area contributed by atoms with Gasteiger partial charge in [-0.1, -0.05) is 40.5 Å². The molecule has 3 atom stereocenters. The first-order valence-corrected chi connectivity index (χ1v) is 6.69. The summed E-state index contributed by atoms with van der Waals surface area (Å²) in [6.07, 6.45) is 4.54. The van der Waals surface area contributed by atoms with Gasteiger partial charge in [-0.15, -0.1) is 0 Å². The van der Waals surface area contributed by atoms with Crippen molar-refractivity contribution in [2.75, 3.05) is 14.1 Å². The van der Waals surface area contributed by atoms with Gasteiger partial charge in [-0.05, 0) is 26.9 Å². The van der Waals surface area contributed by atoms with Crippen molar-refractivity contribution in [2.45, 2.75) is 65.5 Å². The van der Waals surface area contributed by atoms with Crippen molar-refractivity contribution < 1.29 is 5.11 Å². The highest BCUT2D eigenvalue weighted by molar-refractivity contribution is 5.16. The average molecular weight is 227 g/mol. The molecule has 0 radical (unpaired) electrons. The van der Waals surface area contributed by atoms with E-state index in [9.17, 15) is 5.11 Å². The first kappa shape index (κ1) is 14.0. The summed E-state index contributed by atoms with van der Waals surface area (Å²) in [5, 5.41) is 10.5. The molecule has 1 N–H and O–H groups in total. The molecule has 3 unspecified atom stereocenters. The average Bonchev–Trinajstić information content (AvgIpc) is 2.22. The van der Waals surface area contributed by atoms with Crippen LogP contribution in [0.3, 0.4) is 0 Å². The summed E-state index contributed by atoms with van der Waals surface area (Å²) in [5.74, 6) is 0. The third kappa shape index (κ3) is 1.80. The molecule has 0 aliphatic heterocycles. The van der Waals surface area contributed by atoms with Crippen molar-refractivity contribution in [1.82, 2.24) is 4.90 Å². The van der Waals surface area contributed by atoms with E-state index in [2.05, 4.69) is 46.7 Å². The molecule has 1 aliphatic carbocycles. The van der Waals surface area contributed by atoms with Gasteiger partial charge in [0.2, 0.25) is 0 Å². The summed E-state index contributed by atoms with van der Waals surface area (Å²) in [7, 11) is 4.29. The van der Waals surface area contributed by atoms with Crippen molar-refractivity contribution in [3.8, 4) is 0 Å². The molecule has 0 saturated heterocycles. The van der Waals surface area contributed by atoms with Gasteiger partial charge in [-0.2, -0.15) is 0 Å². The lowest BCUT2D eigenvalue weighted by molar-refractivity contribution is -0.235. The van der Waals surface area contributed by atoms with E-state index in [1.807, 2.05) is 0 Å². The largest absolute Gasteiger partial charge is 0.392 e. The highest BCUT2D eigenvalue weighted by atomic mass is 16.3. The molecular formula is C14H29NO. The monoisotopic (exact) mass is 227 g/mol. The Morgan fingerprint density at radius 1 is 1.19 bits per heavy atom. The number of aliphatic hydroxyl groups excluding tert-OH is 1. The normalized spacial score (nSPS) is 37.5. The molecule has 96 valence electrons. The highest BCUT2D eigenvalue weighted by Crippen LogP contribution is 2.60. The van der Waals surface area contributed by atoms with Crippen molar-refractivity contribution in [3.63, 3.8) is 0 Å². The Bertz CT molecular complexity index is 237. The minimum atomic E-state index is -0.149. The molecule has 1 saturated carbocycles. The molecular weight excluding hydrogens is 198 g/mol. The van der Waals surface area contributed by atoms with E-state index in [0.717, 1.165) is 12.8 Å². The van der Waals surface area contributed by atoms with Crippen LogP contribution in [0.5, 0.6) is 0 Å². The second kappa shape index (κ2) is 4.66. The standard InChI is InChI=1S/C14H29NO/c1-7-9-10-14(8-2)11(15(5)6)13(3,4)12(14)16/h11-12,16H,7-10H2,1-6H3. The Morgan fingerprint density at radius 3 is 2.12 bits per heavy atom. The highest BCUT2D eigenvalue weighted by Gasteiger charge is 2.65. The van der Waals surface area contributed by atoms with Crippen molar-refractivity contribution in [3.05, 3.63) is 0 Å². The Morgan fingerprint density at radius 2 is 1.75 bits per heavy atom. The van der Waals surface area contributed by atoms with E-state index in [0.29, 0.717) is 6.04 Å². The van der Waals surface area contributed by atoms with Crippen molar-refractivity contribution >= 4 is 0 Å². The van der Waals surface area contributed by atoms with Crippen LogP contribution in [0.4, 0.5) is 0 Å². The van der Waals surface area contributed by atoms with E-state index in [1.54, 1.807) is 0 Å². The zero-order chi connectivity index (χ0) is 12.6. The minimum Gasteiger partial charge on any atom is -0.392 e. The van der Waals surface area contributed by atoms with Gasteiger partial charge in [0, 0.05) is 16.9 Å². The van der Waals surface area contributed by atoms with Crippen LogP contribution in [-0.4, -0.2) is 36.2 Å². The fraction of sp³-hybridized carbons (Fsp3) is 1.00. The van der Waals surface area contributed by atoms with Gasteiger partial charge in [0.15, 0.2) is 0 Å². The predicted molar refractivity (Wildman–Crippen MR) is 69.5 cm³/mol. The maximum atomic E-state index is 10.5. The fourth-order valence-corrected chi connectivity index (χ4v) is 4.21. The van der Waals surface area contributed by atoms with Gasteiger partial charge in [-0.3, -0.25) is 0 Å². The van der Waals surface area contributed by atoms with Crippen LogP contribution >= 0.6 is 0 Å². The molecule has 2 heteroatoms. The van der Waals surface area contributed by atoms with Gasteiger partial charge in [0.25, 0.3) is 0 Å². The Balaban J connectivity index is 2.91. The first-order valence-electron chi connectivity index (χ1n) is 6.69. The molecule has 0 spiro atoms. The van der Waals surface area contributed by atoms with Gasteiger partial charge in [0.05, 0.1) is 6.10 Å². The van der Waals surface area contributed by atoms with Crippen molar-refractivity contribution in [2.24, 2.45) is 10.8 Å². The van der Waals surface area contributed by atoms with Gasteiger partial charge in [-0.25, -0.2) is 0 Å². The van der Waals surface area contributed by atoms with E-state index in [1.165, 1.54) is 12.8 Å². The maximum absolute atomic E-state index is 10.5. The first-order chi connectivity index (χ1) is 7.34. The molecule has 1 rings (SSSR count). The third-order valence-corrected chi connectivity index (χ3v) is 4.67. The quantitative estimate of drug-likeness (QED) is 0.780. The molecule has 1 aliphatic rings. The number of nitrogens with zero attached hydrogens (tertiary/aromatic N) is 1. The summed E-state index contributed by atoms with van der Waals surface area (Å²) in [4.78, 5) is 2.31. The molecule has 0 heterocycles. The SMILES string of the molecule is CCCCC1(CC)C(O)C(C)(C)C1N(C)C. The lowest BCUT2D eigenvalue weighted by atomic mass is 9.45. The Hall–Kier alpha value is -0.0800. The molecule has 0 bridgehead atoms. The number of aliphatic hydroxyl groups is 1. The van der Waals surface area contributed by atoms with E-state index >= 15 is 0 Å². The molecule has 0 aromatic heterocycles. The van der Waals surface area contributed by atoms with Gasteiger partial charge in [0.1, 0.15) is 0 Å². The Labute approximate surface area is 101 Å². The molecule has 0 aromatic rings. The third-order valence-electron chi connectivity index (χ3n) is 4.67. The molecule has 1 fully saturated rings.